The summed E-state index contributed by atoms with van der Waals surface area (Å²) in [5.41, 5.74) is -1.83. The predicted octanol–water partition coefficient (Wildman–Crippen LogP) is 3.97. The molecular formula is C25H24F4N4O6S. The number of halogens is 4. The molecule has 1 fully saturated rings. The molecule has 4 N–H and O–H groups in total. The van der Waals surface area contributed by atoms with Gasteiger partial charge in [0.25, 0.3) is 20.9 Å². The smallest absolute Gasteiger partial charge is 0.403 e. The molecule has 0 saturated heterocycles. The number of anilines is 3. The summed E-state index contributed by atoms with van der Waals surface area (Å²) in [5.74, 6) is -2.34. The van der Waals surface area contributed by atoms with Crippen LogP contribution >= 0.6 is 0 Å². The van der Waals surface area contributed by atoms with Crippen LogP contribution in [0.15, 0.2) is 56.9 Å². The molecule has 2 amide bonds. The molecule has 40 heavy (non-hydrogen) atoms. The zero-order chi connectivity index (χ0) is 29.2. The lowest BCUT2D eigenvalue weighted by atomic mass is 9.91. The number of benzene rings is 2. The molecule has 0 aliphatic heterocycles. The van der Waals surface area contributed by atoms with Gasteiger partial charge in [-0.3, -0.25) is 14.3 Å². The van der Waals surface area contributed by atoms with Crippen LogP contribution in [0.1, 0.15) is 31.2 Å². The molecule has 0 unspecified atom stereocenters. The molecule has 0 bridgehead atoms. The topological polar surface area (TPSA) is 143 Å². The Morgan fingerprint density at radius 3 is 2.20 bits per heavy atom. The van der Waals surface area contributed by atoms with E-state index < -0.39 is 44.8 Å². The van der Waals surface area contributed by atoms with Gasteiger partial charge in [-0.15, -0.1) is 13.2 Å². The summed E-state index contributed by atoms with van der Waals surface area (Å²) in [5, 5.41) is 7.96. The van der Waals surface area contributed by atoms with E-state index in [0.717, 1.165) is 12.1 Å². The van der Waals surface area contributed by atoms with Crippen molar-refractivity contribution >= 4 is 33.1 Å². The van der Waals surface area contributed by atoms with Crippen LogP contribution < -0.4 is 36.3 Å². The Morgan fingerprint density at radius 1 is 0.950 bits per heavy atom. The summed E-state index contributed by atoms with van der Waals surface area (Å²) in [6.07, 6.45) is -3.22. The number of urea groups is 1. The first-order valence-electron chi connectivity index (χ1n) is 12.0. The Balaban J connectivity index is 1.30. The van der Waals surface area contributed by atoms with Gasteiger partial charge in [0, 0.05) is 23.8 Å². The van der Waals surface area contributed by atoms with E-state index in [2.05, 4.69) is 25.4 Å². The standard InChI is InChI=1S/C25H24F4N4O6S/c1-13-4-2-3-5-19(13)40(37,38)33-21-20(22(34)23(21)35)30-14-6-8-15(9-7-14)31-24(36)32-16-10-11-18(17(26)12-16)39-25(27,28)29/h2-5,10-12,14-15,30,33H,6-9H2,1H3,(H2,31,32,36). The number of aryl methyl sites for hydroxylation is 1. The van der Waals surface area contributed by atoms with Gasteiger partial charge in [0.1, 0.15) is 11.4 Å². The fraction of sp³-hybridized carbons (Fsp3) is 0.320. The van der Waals surface area contributed by atoms with Crippen molar-refractivity contribution in [2.24, 2.45) is 0 Å². The van der Waals surface area contributed by atoms with Crippen molar-refractivity contribution in [1.82, 2.24) is 5.32 Å². The Hall–Kier alpha value is -4.14. The van der Waals surface area contributed by atoms with Crippen molar-refractivity contribution in [2.75, 3.05) is 15.4 Å². The van der Waals surface area contributed by atoms with Gasteiger partial charge in [0.2, 0.25) is 0 Å². The maximum absolute atomic E-state index is 13.9. The number of amides is 2. The van der Waals surface area contributed by atoms with Gasteiger partial charge >= 0.3 is 12.4 Å². The van der Waals surface area contributed by atoms with Gasteiger partial charge in [-0.2, -0.15) is 0 Å². The molecule has 0 radical (unpaired) electrons. The average Bonchev–Trinajstić information content (AvgIpc) is 2.88. The summed E-state index contributed by atoms with van der Waals surface area (Å²) in [4.78, 5) is 36.6. The van der Waals surface area contributed by atoms with Crippen LogP contribution in [0.4, 0.5) is 39.4 Å². The number of alkyl halides is 3. The molecule has 1 saturated carbocycles. The first kappa shape index (κ1) is 28.9. The van der Waals surface area contributed by atoms with Gasteiger partial charge in [-0.1, -0.05) is 18.2 Å². The molecular weight excluding hydrogens is 560 g/mol. The van der Waals surface area contributed by atoms with Crippen molar-refractivity contribution in [1.29, 1.82) is 0 Å². The number of carbonyl (C=O) groups is 1. The van der Waals surface area contributed by atoms with Crippen molar-refractivity contribution in [2.45, 2.75) is 55.9 Å². The molecule has 0 aromatic heterocycles. The van der Waals surface area contributed by atoms with E-state index in [0.29, 0.717) is 37.3 Å². The van der Waals surface area contributed by atoms with Gasteiger partial charge in [-0.05, 0) is 56.4 Å². The van der Waals surface area contributed by atoms with E-state index in [9.17, 15) is 40.4 Å². The fourth-order valence-electron chi connectivity index (χ4n) is 4.40. The highest BCUT2D eigenvalue weighted by Crippen LogP contribution is 2.28. The van der Waals surface area contributed by atoms with Gasteiger partial charge in [0.15, 0.2) is 11.6 Å². The van der Waals surface area contributed by atoms with Crippen LogP contribution in [-0.2, 0) is 10.0 Å². The Morgan fingerprint density at radius 2 is 1.57 bits per heavy atom. The summed E-state index contributed by atoms with van der Waals surface area (Å²) < 4.78 is 82.0. The molecule has 0 spiro atoms. The van der Waals surface area contributed by atoms with Crippen molar-refractivity contribution < 1.29 is 35.5 Å². The van der Waals surface area contributed by atoms with E-state index >= 15 is 0 Å². The minimum absolute atomic E-state index is 0.0211. The molecule has 15 heteroatoms. The number of sulfonamides is 1. The lowest BCUT2D eigenvalue weighted by Gasteiger charge is -2.31. The highest BCUT2D eigenvalue weighted by molar-refractivity contribution is 7.92. The van der Waals surface area contributed by atoms with Crippen molar-refractivity contribution in [3.63, 3.8) is 0 Å². The number of ether oxygens (including phenoxy) is 1. The third-order valence-corrected chi connectivity index (χ3v) is 7.87. The Labute approximate surface area is 225 Å². The zero-order valence-corrected chi connectivity index (χ0v) is 21.7. The highest BCUT2D eigenvalue weighted by atomic mass is 32.2. The summed E-state index contributed by atoms with van der Waals surface area (Å²) in [6, 6.07) is 7.40. The molecule has 10 nitrogen and oxygen atoms in total. The van der Waals surface area contributed by atoms with Crippen molar-refractivity contribution in [3.8, 4) is 5.75 Å². The number of rotatable bonds is 8. The minimum atomic E-state index is -5.06. The molecule has 1 aliphatic rings. The van der Waals surface area contributed by atoms with Crippen LogP contribution in [0.3, 0.4) is 0 Å². The minimum Gasteiger partial charge on any atom is -0.403 e. The summed E-state index contributed by atoms with van der Waals surface area (Å²) in [6.45, 7) is 1.60. The SMILES string of the molecule is Cc1ccccc1S(=O)(=O)Nc1c(NC2CCC(NC(=O)Nc3ccc(OC(F)(F)F)c(F)c3)CC2)c(=O)c1=O. The van der Waals surface area contributed by atoms with Crippen LogP contribution in [0.5, 0.6) is 5.75 Å². The van der Waals surface area contributed by atoms with Crippen LogP contribution in [0.25, 0.3) is 0 Å². The van der Waals surface area contributed by atoms with E-state index in [1.165, 1.54) is 12.1 Å². The highest BCUT2D eigenvalue weighted by Gasteiger charge is 2.33. The molecule has 0 atom stereocenters. The second-order valence-corrected chi connectivity index (χ2v) is 10.9. The molecule has 4 rings (SSSR count). The number of nitrogens with one attached hydrogen (secondary N) is 4. The van der Waals surface area contributed by atoms with E-state index in [1.807, 2.05) is 0 Å². The summed E-state index contributed by atoms with van der Waals surface area (Å²) in [7, 11) is -4.10. The fourth-order valence-corrected chi connectivity index (χ4v) is 5.72. The van der Waals surface area contributed by atoms with Crippen LogP contribution in [-0.4, -0.2) is 32.9 Å². The first-order valence-corrected chi connectivity index (χ1v) is 13.5. The first-order chi connectivity index (χ1) is 18.7. The third-order valence-electron chi connectivity index (χ3n) is 6.36. The Kier molecular flexibility index (Phi) is 8.05. The van der Waals surface area contributed by atoms with E-state index in [1.54, 1.807) is 19.1 Å². The normalized spacial score (nSPS) is 17.7. The lowest BCUT2D eigenvalue weighted by Crippen LogP contribution is -2.44. The predicted molar refractivity (Wildman–Crippen MR) is 138 cm³/mol. The van der Waals surface area contributed by atoms with Gasteiger partial charge in [-0.25, -0.2) is 17.6 Å². The van der Waals surface area contributed by atoms with E-state index in [-0.39, 0.29) is 34.0 Å². The lowest BCUT2D eigenvalue weighted by molar-refractivity contribution is -0.275. The largest absolute Gasteiger partial charge is 0.573 e. The molecule has 3 aromatic rings. The van der Waals surface area contributed by atoms with E-state index in [4.69, 9.17) is 0 Å². The third kappa shape index (κ3) is 6.70. The molecule has 0 heterocycles. The quantitative estimate of drug-likeness (QED) is 0.232. The van der Waals surface area contributed by atoms with Crippen LogP contribution in [0, 0.1) is 12.7 Å². The zero-order valence-electron chi connectivity index (χ0n) is 20.9. The second kappa shape index (κ2) is 11.2. The summed E-state index contributed by atoms with van der Waals surface area (Å²) >= 11 is 0. The average molecular weight is 585 g/mol. The van der Waals surface area contributed by atoms with Gasteiger partial charge in [0.05, 0.1) is 4.90 Å². The number of carbonyl (C=O) groups excluding carboxylic acids is 1. The maximum Gasteiger partial charge on any atom is 0.573 e. The second-order valence-electron chi connectivity index (χ2n) is 9.26. The maximum atomic E-state index is 13.9. The number of hydrogen-bond donors (Lipinski definition) is 4. The molecule has 3 aromatic carbocycles. The Bertz CT molecular complexity index is 1590. The van der Waals surface area contributed by atoms with Crippen LogP contribution in [0.2, 0.25) is 0 Å². The monoisotopic (exact) mass is 584 g/mol. The van der Waals surface area contributed by atoms with Gasteiger partial charge < -0.3 is 20.7 Å². The molecule has 214 valence electrons. The number of hydrogen-bond acceptors (Lipinski definition) is 7. The molecule has 1 aliphatic carbocycles. The van der Waals surface area contributed by atoms with Crippen molar-refractivity contribution in [3.05, 3.63) is 74.3 Å².